The van der Waals surface area contributed by atoms with E-state index in [1.165, 1.54) is 0 Å². The molecule has 2 aliphatic rings. The molecule has 19 heavy (non-hydrogen) atoms. The molecule has 0 aromatic rings. The highest BCUT2D eigenvalue weighted by atomic mass is 33.1. The second kappa shape index (κ2) is 5.99. The molecule has 4 nitrogen and oxygen atoms in total. The third-order valence-corrected chi connectivity index (χ3v) is 8.33. The van der Waals surface area contributed by atoms with E-state index in [9.17, 15) is 4.79 Å². The van der Waals surface area contributed by atoms with Gasteiger partial charge in [0.05, 0.1) is 6.04 Å². The van der Waals surface area contributed by atoms with Gasteiger partial charge in [-0.15, -0.1) is 0 Å². The number of hydrogen-bond donors (Lipinski definition) is 2. The maximum absolute atomic E-state index is 11.0. The maximum Gasteiger partial charge on any atom is 0.138 e. The first-order chi connectivity index (χ1) is 8.93. The number of nitrogens with one attached hydrogen (secondary N) is 2. The van der Waals surface area contributed by atoms with E-state index in [-0.39, 0.29) is 16.2 Å². The molecule has 2 saturated heterocycles. The van der Waals surface area contributed by atoms with Crippen molar-refractivity contribution in [3.8, 4) is 0 Å². The average Bonchev–Trinajstić information content (AvgIpc) is 2.93. The van der Waals surface area contributed by atoms with Crippen molar-refractivity contribution in [2.75, 3.05) is 26.2 Å². The molecule has 2 fully saturated rings. The number of aldehydes is 1. The fourth-order valence-electron chi connectivity index (χ4n) is 2.89. The van der Waals surface area contributed by atoms with Crippen LogP contribution >= 0.6 is 0 Å². The zero-order chi connectivity index (χ0) is 14.1. The van der Waals surface area contributed by atoms with Gasteiger partial charge < -0.3 is 18.1 Å². The van der Waals surface area contributed by atoms with Gasteiger partial charge in [-0.1, -0.05) is 18.6 Å². The molecule has 110 valence electrons. The Bertz CT molecular complexity index is 420. The van der Waals surface area contributed by atoms with E-state index >= 15 is 0 Å². The summed E-state index contributed by atoms with van der Waals surface area (Å²) in [5, 5.41) is 5.50. The Kier molecular flexibility index (Phi) is 4.96. The smallest absolute Gasteiger partial charge is 0.138 e. The lowest BCUT2D eigenvalue weighted by Gasteiger charge is -2.46. The van der Waals surface area contributed by atoms with Crippen molar-refractivity contribution in [2.45, 2.75) is 37.5 Å². The molecule has 0 amide bonds. The van der Waals surface area contributed by atoms with Crippen LogP contribution in [0.2, 0.25) is 0 Å². The van der Waals surface area contributed by atoms with Crippen LogP contribution in [-0.4, -0.2) is 48.3 Å². The Balaban J connectivity index is 2.03. The first-order valence-corrected chi connectivity index (χ1v) is 9.76. The minimum atomic E-state index is -0.463. The summed E-state index contributed by atoms with van der Waals surface area (Å²) in [5.74, 6) is 0. The maximum atomic E-state index is 11.0. The number of carbonyl (C=O) groups excluding carboxylic acids is 1. The van der Waals surface area contributed by atoms with E-state index < -0.39 is 8.01 Å². The van der Waals surface area contributed by atoms with E-state index in [4.69, 9.17) is 22.4 Å². The Labute approximate surface area is 126 Å². The summed E-state index contributed by atoms with van der Waals surface area (Å²) < 4.78 is -0.0406. The average molecular weight is 321 g/mol. The molecule has 0 saturated carbocycles. The predicted octanol–water partition coefficient (Wildman–Crippen LogP) is 0.0646. The lowest BCUT2D eigenvalue weighted by atomic mass is 9.80. The number of hydrogen-bond acceptors (Lipinski definition) is 7. The molecular formula is C12H22N3OS3-. The third kappa shape index (κ3) is 2.87. The number of hydrazine groups is 1. The minimum Gasteiger partial charge on any atom is -0.340 e. The molecule has 0 aliphatic carbocycles. The molecule has 0 aromatic carbocycles. The Morgan fingerprint density at radius 1 is 1.47 bits per heavy atom. The lowest BCUT2D eigenvalue weighted by molar-refractivity contribution is -0.112. The molecule has 2 rings (SSSR count). The van der Waals surface area contributed by atoms with Crippen LogP contribution in [-0.2, 0) is 35.2 Å². The molecule has 7 heteroatoms. The Morgan fingerprint density at radius 3 is 2.84 bits per heavy atom. The van der Waals surface area contributed by atoms with Crippen molar-refractivity contribution in [1.82, 2.24) is 15.8 Å². The van der Waals surface area contributed by atoms with Crippen molar-refractivity contribution in [3.05, 3.63) is 0 Å². The summed E-state index contributed by atoms with van der Waals surface area (Å²) in [6, 6.07) is 0.0227. The van der Waals surface area contributed by atoms with Crippen LogP contribution in [0.3, 0.4) is 0 Å². The molecule has 0 radical (unpaired) electrons. The molecule has 2 unspecified atom stereocenters. The SMILES string of the molecule is CC1(CNN2CCC[C@H]2C=O)CNCC1(C)[S-](=S)=S. The van der Waals surface area contributed by atoms with Crippen LogP contribution < -0.4 is 10.7 Å². The van der Waals surface area contributed by atoms with Crippen LogP contribution in [0.15, 0.2) is 0 Å². The van der Waals surface area contributed by atoms with Gasteiger partial charge >= 0.3 is 0 Å². The van der Waals surface area contributed by atoms with Crippen LogP contribution in [0.4, 0.5) is 0 Å². The standard InChI is InChI=1S/C12H22N3OS3/c1-11(7-13-9-12(11,2)19(17)18)8-14-15-5-3-4-10(15)6-16/h6,10,13-14H,3-5,7-9H2,1-2H3/q-1/t10-,11?,12?/m0/s1. The monoisotopic (exact) mass is 320 g/mol. The second-order valence-corrected chi connectivity index (χ2v) is 10.0. The predicted molar refractivity (Wildman–Crippen MR) is 85.3 cm³/mol. The number of nitrogens with zero attached hydrogens (tertiary/aromatic N) is 1. The summed E-state index contributed by atoms with van der Waals surface area (Å²) in [6.07, 6.45) is 3.07. The molecule has 0 aromatic heterocycles. The number of rotatable bonds is 5. The third-order valence-electron chi connectivity index (χ3n) is 4.75. The summed E-state index contributed by atoms with van der Waals surface area (Å²) >= 11 is 10.8. The van der Waals surface area contributed by atoms with Crippen molar-refractivity contribution >= 4 is 36.7 Å². The van der Waals surface area contributed by atoms with Crippen LogP contribution in [0.5, 0.6) is 0 Å². The highest BCUT2D eigenvalue weighted by Gasteiger charge is 2.43. The zero-order valence-electron chi connectivity index (χ0n) is 11.5. The summed E-state index contributed by atoms with van der Waals surface area (Å²) in [5.41, 5.74) is 3.49. The highest BCUT2D eigenvalue weighted by molar-refractivity contribution is 8.47. The molecule has 0 bridgehead atoms. The molecular weight excluding hydrogens is 298 g/mol. The van der Waals surface area contributed by atoms with Crippen molar-refractivity contribution in [2.24, 2.45) is 5.41 Å². The first kappa shape index (κ1) is 15.7. The first-order valence-electron chi connectivity index (χ1n) is 6.68. The van der Waals surface area contributed by atoms with Crippen LogP contribution in [0, 0.1) is 5.41 Å². The molecule has 0 spiro atoms. The van der Waals surface area contributed by atoms with Gasteiger partial charge in [-0.3, -0.25) is 27.8 Å². The lowest BCUT2D eigenvalue weighted by Crippen LogP contribution is -2.54. The van der Waals surface area contributed by atoms with E-state index in [0.717, 1.165) is 45.3 Å². The Hall–Kier alpha value is 0.340. The van der Waals surface area contributed by atoms with Crippen LogP contribution in [0.1, 0.15) is 26.7 Å². The fraction of sp³-hybridized carbons (Fsp3) is 0.917. The molecule has 2 aliphatic heterocycles. The highest BCUT2D eigenvalue weighted by Crippen LogP contribution is 2.37. The van der Waals surface area contributed by atoms with Gasteiger partial charge in [0.15, 0.2) is 0 Å². The topological polar surface area (TPSA) is 44.4 Å². The van der Waals surface area contributed by atoms with Gasteiger partial charge in [0, 0.05) is 19.6 Å². The minimum absolute atomic E-state index is 0.0227. The molecule has 2 heterocycles. The number of carbonyl (C=O) groups is 1. The van der Waals surface area contributed by atoms with Crippen molar-refractivity contribution in [3.63, 3.8) is 0 Å². The summed E-state index contributed by atoms with van der Waals surface area (Å²) in [7, 11) is -0.463. The molecule has 3 atom stereocenters. The Morgan fingerprint density at radius 2 is 2.21 bits per heavy atom. The fourth-order valence-corrected chi connectivity index (χ4v) is 5.22. The van der Waals surface area contributed by atoms with E-state index in [0.29, 0.717) is 0 Å². The van der Waals surface area contributed by atoms with Gasteiger partial charge in [-0.05, 0) is 24.8 Å². The van der Waals surface area contributed by atoms with Gasteiger partial charge in [-0.25, -0.2) is 5.01 Å². The zero-order valence-corrected chi connectivity index (χ0v) is 13.9. The van der Waals surface area contributed by atoms with E-state index in [1.807, 2.05) is 0 Å². The van der Waals surface area contributed by atoms with E-state index in [2.05, 4.69) is 29.6 Å². The quantitative estimate of drug-likeness (QED) is 0.552. The summed E-state index contributed by atoms with van der Waals surface area (Å²) in [6.45, 7) is 8.00. The van der Waals surface area contributed by atoms with Gasteiger partial charge in [0.2, 0.25) is 0 Å². The van der Waals surface area contributed by atoms with Gasteiger partial charge in [-0.2, -0.15) is 0 Å². The van der Waals surface area contributed by atoms with E-state index in [1.54, 1.807) is 0 Å². The summed E-state index contributed by atoms with van der Waals surface area (Å²) in [4.78, 5) is 11.0. The second-order valence-electron chi connectivity index (χ2n) is 6.00. The normalized spacial score (nSPS) is 40.1. The van der Waals surface area contributed by atoms with Gasteiger partial charge in [0.25, 0.3) is 0 Å². The largest absolute Gasteiger partial charge is 0.340 e. The van der Waals surface area contributed by atoms with Gasteiger partial charge in [0.1, 0.15) is 6.29 Å². The van der Waals surface area contributed by atoms with Crippen LogP contribution in [0.25, 0.3) is 0 Å². The van der Waals surface area contributed by atoms with Crippen molar-refractivity contribution < 1.29 is 4.79 Å². The molecule has 2 N–H and O–H groups in total. The van der Waals surface area contributed by atoms with Crippen molar-refractivity contribution in [1.29, 1.82) is 0 Å².